The van der Waals surface area contributed by atoms with Gasteiger partial charge in [-0.15, -0.1) is 0 Å². The first kappa shape index (κ1) is 18.0. The van der Waals surface area contributed by atoms with Gasteiger partial charge in [0.2, 0.25) is 0 Å². The standard InChI is InChI=1S/C19H15Cl2N3O2/c1-26-16-5-2-4-14(11-16)24-19(25)17-6-3-7-22-18(17)23-15-9-12(20)8-13(21)10-15/h2-11H,1H3,(H,22,23)(H,24,25). The minimum absolute atomic E-state index is 0.304. The molecule has 3 aromatic rings. The van der Waals surface area contributed by atoms with Gasteiger partial charge in [0.15, 0.2) is 0 Å². The quantitative estimate of drug-likeness (QED) is 0.615. The van der Waals surface area contributed by atoms with Gasteiger partial charge in [0.05, 0.1) is 12.7 Å². The fourth-order valence-corrected chi connectivity index (χ4v) is 2.88. The van der Waals surface area contributed by atoms with Crippen LogP contribution in [0.5, 0.6) is 5.75 Å². The van der Waals surface area contributed by atoms with Crippen molar-refractivity contribution >= 4 is 46.3 Å². The number of carbonyl (C=O) groups is 1. The van der Waals surface area contributed by atoms with Crippen LogP contribution in [-0.4, -0.2) is 18.0 Å². The van der Waals surface area contributed by atoms with E-state index in [1.165, 1.54) is 0 Å². The third kappa shape index (κ3) is 4.45. The van der Waals surface area contributed by atoms with Crippen molar-refractivity contribution in [2.45, 2.75) is 0 Å². The van der Waals surface area contributed by atoms with Crippen LogP contribution in [0.2, 0.25) is 10.0 Å². The summed E-state index contributed by atoms with van der Waals surface area (Å²) in [5.74, 6) is 0.745. The van der Waals surface area contributed by atoms with Crippen LogP contribution in [-0.2, 0) is 0 Å². The molecule has 1 amide bonds. The van der Waals surface area contributed by atoms with Gasteiger partial charge in [-0.05, 0) is 42.5 Å². The zero-order valence-corrected chi connectivity index (χ0v) is 15.3. The second-order valence-corrected chi connectivity index (χ2v) is 6.24. The monoisotopic (exact) mass is 387 g/mol. The van der Waals surface area contributed by atoms with Crippen molar-refractivity contribution in [3.8, 4) is 5.75 Å². The Morgan fingerprint density at radius 1 is 1.00 bits per heavy atom. The number of nitrogens with zero attached hydrogens (tertiary/aromatic N) is 1. The Morgan fingerprint density at radius 3 is 2.50 bits per heavy atom. The third-order valence-electron chi connectivity index (χ3n) is 3.51. The van der Waals surface area contributed by atoms with E-state index in [1.54, 1.807) is 67.9 Å². The van der Waals surface area contributed by atoms with E-state index in [-0.39, 0.29) is 5.91 Å². The molecule has 0 aliphatic carbocycles. The molecule has 7 heteroatoms. The lowest BCUT2D eigenvalue weighted by molar-refractivity contribution is 0.102. The van der Waals surface area contributed by atoms with Crippen LogP contribution in [0.4, 0.5) is 17.2 Å². The molecule has 132 valence electrons. The number of ether oxygens (including phenoxy) is 1. The summed E-state index contributed by atoms with van der Waals surface area (Å²) in [4.78, 5) is 16.9. The van der Waals surface area contributed by atoms with Gasteiger partial charge in [0.25, 0.3) is 5.91 Å². The number of benzene rings is 2. The van der Waals surface area contributed by atoms with E-state index in [2.05, 4.69) is 15.6 Å². The van der Waals surface area contributed by atoms with Gasteiger partial charge >= 0.3 is 0 Å². The largest absolute Gasteiger partial charge is 0.497 e. The molecular weight excluding hydrogens is 373 g/mol. The number of hydrogen-bond acceptors (Lipinski definition) is 4. The van der Waals surface area contributed by atoms with Crippen molar-refractivity contribution in [3.63, 3.8) is 0 Å². The lowest BCUT2D eigenvalue weighted by Crippen LogP contribution is -2.14. The van der Waals surface area contributed by atoms with Crippen molar-refractivity contribution in [3.05, 3.63) is 76.4 Å². The van der Waals surface area contributed by atoms with Gasteiger partial charge in [-0.3, -0.25) is 4.79 Å². The van der Waals surface area contributed by atoms with Crippen LogP contribution in [0.25, 0.3) is 0 Å². The highest BCUT2D eigenvalue weighted by atomic mass is 35.5. The minimum Gasteiger partial charge on any atom is -0.497 e. The maximum Gasteiger partial charge on any atom is 0.259 e. The SMILES string of the molecule is COc1cccc(NC(=O)c2cccnc2Nc2cc(Cl)cc(Cl)c2)c1. The van der Waals surface area contributed by atoms with E-state index in [4.69, 9.17) is 27.9 Å². The second kappa shape index (κ2) is 8.08. The number of halogens is 2. The van der Waals surface area contributed by atoms with E-state index in [0.29, 0.717) is 38.6 Å². The van der Waals surface area contributed by atoms with Crippen molar-refractivity contribution in [2.24, 2.45) is 0 Å². The fourth-order valence-electron chi connectivity index (χ4n) is 2.35. The molecule has 2 aromatic carbocycles. The Morgan fingerprint density at radius 2 is 1.77 bits per heavy atom. The highest BCUT2D eigenvalue weighted by Crippen LogP contribution is 2.26. The molecule has 3 rings (SSSR count). The van der Waals surface area contributed by atoms with E-state index < -0.39 is 0 Å². The molecule has 0 radical (unpaired) electrons. The number of rotatable bonds is 5. The summed E-state index contributed by atoms with van der Waals surface area (Å²) < 4.78 is 5.17. The van der Waals surface area contributed by atoms with Gasteiger partial charge in [0, 0.05) is 33.7 Å². The third-order valence-corrected chi connectivity index (χ3v) is 3.94. The Labute approximate surface area is 160 Å². The Balaban J connectivity index is 1.85. The van der Waals surface area contributed by atoms with Crippen LogP contribution in [0.1, 0.15) is 10.4 Å². The molecule has 0 fully saturated rings. The number of hydrogen-bond donors (Lipinski definition) is 2. The molecular formula is C19H15Cl2N3O2. The zero-order valence-electron chi connectivity index (χ0n) is 13.8. The van der Waals surface area contributed by atoms with Gasteiger partial charge in [0.1, 0.15) is 11.6 Å². The summed E-state index contributed by atoms with van der Waals surface area (Å²) in [6, 6.07) is 15.5. The van der Waals surface area contributed by atoms with Crippen LogP contribution >= 0.6 is 23.2 Å². The molecule has 0 unspecified atom stereocenters. The topological polar surface area (TPSA) is 63.2 Å². The molecule has 5 nitrogen and oxygen atoms in total. The number of anilines is 3. The van der Waals surface area contributed by atoms with Gasteiger partial charge in [-0.1, -0.05) is 29.3 Å². The zero-order chi connectivity index (χ0) is 18.5. The maximum absolute atomic E-state index is 12.7. The first-order valence-corrected chi connectivity index (χ1v) is 8.44. The van der Waals surface area contributed by atoms with Crippen molar-refractivity contribution < 1.29 is 9.53 Å². The van der Waals surface area contributed by atoms with E-state index in [1.807, 2.05) is 0 Å². The average Bonchev–Trinajstić information content (AvgIpc) is 2.61. The van der Waals surface area contributed by atoms with Crippen LogP contribution in [0.15, 0.2) is 60.8 Å². The molecule has 1 aromatic heterocycles. The van der Waals surface area contributed by atoms with Gasteiger partial charge in [-0.25, -0.2) is 4.98 Å². The molecule has 0 aliphatic rings. The summed E-state index contributed by atoms with van der Waals surface area (Å²) in [5, 5.41) is 6.88. The number of methoxy groups -OCH3 is 1. The molecule has 0 atom stereocenters. The number of nitrogens with one attached hydrogen (secondary N) is 2. The lowest BCUT2D eigenvalue weighted by atomic mass is 10.2. The molecule has 1 heterocycles. The summed E-state index contributed by atoms with van der Waals surface area (Å²) in [7, 11) is 1.57. The van der Waals surface area contributed by atoms with Gasteiger partial charge < -0.3 is 15.4 Å². The predicted molar refractivity (Wildman–Crippen MR) is 105 cm³/mol. The van der Waals surface area contributed by atoms with Crippen molar-refractivity contribution in [1.29, 1.82) is 0 Å². The van der Waals surface area contributed by atoms with E-state index in [0.717, 1.165) is 0 Å². The summed E-state index contributed by atoms with van der Waals surface area (Å²) in [6.45, 7) is 0. The Kier molecular flexibility index (Phi) is 5.61. The Hall–Kier alpha value is -2.76. The lowest BCUT2D eigenvalue weighted by Gasteiger charge is -2.12. The number of amides is 1. The summed E-state index contributed by atoms with van der Waals surface area (Å²) >= 11 is 12.0. The highest BCUT2D eigenvalue weighted by Gasteiger charge is 2.13. The van der Waals surface area contributed by atoms with Crippen LogP contribution in [0.3, 0.4) is 0 Å². The maximum atomic E-state index is 12.7. The van der Waals surface area contributed by atoms with Crippen LogP contribution < -0.4 is 15.4 Å². The minimum atomic E-state index is -0.304. The normalized spacial score (nSPS) is 10.3. The molecule has 26 heavy (non-hydrogen) atoms. The number of carbonyl (C=O) groups excluding carboxylic acids is 1. The van der Waals surface area contributed by atoms with E-state index >= 15 is 0 Å². The number of pyridine rings is 1. The predicted octanol–water partition coefficient (Wildman–Crippen LogP) is 5.39. The molecule has 2 N–H and O–H groups in total. The highest BCUT2D eigenvalue weighted by molar-refractivity contribution is 6.35. The van der Waals surface area contributed by atoms with Gasteiger partial charge in [-0.2, -0.15) is 0 Å². The molecule has 0 bridgehead atoms. The Bertz CT molecular complexity index is 927. The summed E-state index contributed by atoms with van der Waals surface area (Å²) in [5.41, 5.74) is 1.64. The smallest absolute Gasteiger partial charge is 0.259 e. The molecule has 0 saturated carbocycles. The fraction of sp³-hybridized carbons (Fsp3) is 0.0526. The van der Waals surface area contributed by atoms with E-state index in [9.17, 15) is 4.79 Å². The van der Waals surface area contributed by atoms with Crippen LogP contribution in [0, 0.1) is 0 Å². The first-order chi connectivity index (χ1) is 12.5. The molecule has 0 aliphatic heterocycles. The average molecular weight is 388 g/mol. The first-order valence-electron chi connectivity index (χ1n) is 7.69. The summed E-state index contributed by atoms with van der Waals surface area (Å²) in [6.07, 6.45) is 1.59. The number of aromatic nitrogens is 1. The molecule has 0 spiro atoms. The van der Waals surface area contributed by atoms with Crippen molar-refractivity contribution in [1.82, 2.24) is 4.98 Å². The van der Waals surface area contributed by atoms with Crippen molar-refractivity contribution in [2.75, 3.05) is 17.7 Å². The molecule has 0 saturated heterocycles. The second-order valence-electron chi connectivity index (χ2n) is 5.37.